The molecular formula is C28H20ClF2N3O4. The van der Waals surface area contributed by atoms with Crippen molar-refractivity contribution in [2.24, 2.45) is 0 Å². The molecule has 1 N–H and O–H groups in total. The van der Waals surface area contributed by atoms with Crippen molar-refractivity contribution in [1.82, 2.24) is 10.3 Å². The standard InChI is InChI=1S/C28H20ClF2N3O4/c1-37-24-12-16(14-32)20(29)13-19(24)18-9-8-15(17-5-4-10-33-26(17)18)11-23(28(36)38-2)34-27(35)25-21(30)6-3-7-22(25)31/h3-10,12-13,23H,11H2,1-2H3,(H,34,35)/t23-/m0/s1. The summed E-state index contributed by atoms with van der Waals surface area (Å²) in [6, 6.07) is 13.9. The van der Waals surface area contributed by atoms with Crippen molar-refractivity contribution in [1.29, 1.82) is 5.26 Å². The van der Waals surface area contributed by atoms with Crippen LogP contribution in [0, 0.1) is 23.0 Å². The van der Waals surface area contributed by atoms with Crippen LogP contribution in [0.3, 0.4) is 0 Å². The topological polar surface area (TPSA) is 101 Å². The lowest BCUT2D eigenvalue weighted by molar-refractivity contribution is -0.142. The van der Waals surface area contributed by atoms with Crippen molar-refractivity contribution in [2.75, 3.05) is 14.2 Å². The fourth-order valence-corrected chi connectivity index (χ4v) is 4.35. The highest BCUT2D eigenvalue weighted by atomic mass is 35.5. The molecule has 0 aliphatic rings. The number of fused-ring (bicyclic) bond motifs is 1. The highest BCUT2D eigenvalue weighted by Gasteiger charge is 2.27. The summed E-state index contributed by atoms with van der Waals surface area (Å²) >= 11 is 6.29. The molecule has 0 bridgehead atoms. The van der Waals surface area contributed by atoms with Crippen LogP contribution >= 0.6 is 11.6 Å². The molecule has 0 spiro atoms. The minimum absolute atomic E-state index is 0.0534. The van der Waals surface area contributed by atoms with E-state index in [-0.39, 0.29) is 17.0 Å². The molecule has 0 aliphatic heterocycles. The van der Waals surface area contributed by atoms with Gasteiger partial charge in [-0.3, -0.25) is 9.78 Å². The summed E-state index contributed by atoms with van der Waals surface area (Å²) in [5, 5.41) is 12.6. The minimum Gasteiger partial charge on any atom is -0.496 e. The molecule has 1 atom stereocenters. The normalized spacial score (nSPS) is 11.5. The maximum atomic E-state index is 14.2. The number of aromatic nitrogens is 1. The van der Waals surface area contributed by atoms with Crippen LogP contribution in [0.2, 0.25) is 5.02 Å². The van der Waals surface area contributed by atoms with Gasteiger partial charge in [0.05, 0.1) is 30.3 Å². The third-order valence-corrected chi connectivity index (χ3v) is 6.28. The third-order valence-electron chi connectivity index (χ3n) is 5.96. The quantitative estimate of drug-likeness (QED) is 0.325. The van der Waals surface area contributed by atoms with E-state index in [1.807, 2.05) is 6.07 Å². The molecule has 38 heavy (non-hydrogen) atoms. The van der Waals surface area contributed by atoms with E-state index in [1.165, 1.54) is 13.2 Å². The first-order valence-corrected chi connectivity index (χ1v) is 11.6. The molecule has 0 radical (unpaired) electrons. The number of amides is 1. The average Bonchev–Trinajstić information content (AvgIpc) is 2.92. The summed E-state index contributed by atoms with van der Waals surface area (Å²) in [6.07, 6.45) is 1.54. The lowest BCUT2D eigenvalue weighted by Crippen LogP contribution is -2.43. The van der Waals surface area contributed by atoms with E-state index in [2.05, 4.69) is 10.3 Å². The summed E-state index contributed by atoms with van der Waals surface area (Å²) < 4.78 is 38.6. The Hall–Kier alpha value is -4.55. The lowest BCUT2D eigenvalue weighted by atomic mass is 9.94. The van der Waals surface area contributed by atoms with Gasteiger partial charge in [0.15, 0.2) is 0 Å². The average molecular weight is 536 g/mol. The second kappa shape index (κ2) is 11.2. The zero-order valence-corrected chi connectivity index (χ0v) is 21.0. The molecule has 0 saturated carbocycles. The van der Waals surface area contributed by atoms with Crippen molar-refractivity contribution in [2.45, 2.75) is 12.5 Å². The van der Waals surface area contributed by atoms with Crippen LogP contribution in [-0.4, -0.2) is 37.1 Å². The van der Waals surface area contributed by atoms with Crippen molar-refractivity contribution < 1.29 is 27.8 Å². The molecule has 1 aromatic heterocycles. The molecule has 0 saturated heterocycles. The van der Waals surface area contributed by atoms with Gasteiger partial charge in [0.1, 0.15) is 35.1 Å². The predicted molar refractivity (Wildman–Crippen MR) is 137 cm³/mol. The van der Waals surface area contributed by atoms with Gasteiger partial charge in [-0.25, -0.2) is 13.6 Å². The Morgan fingerprint density at radius 3 is 2.47 bits per heavy atom. The highest BCUT2D eigenvalue weighted by Crippen LogP contribution is 2.38. The molecule has 4 aromatic rings. The second-order valence-electron chi connectivity index (χ2n) is 8.17. The van der Waals surface area contributed by atoms with Gasteiger partial charge in [0.25, 0.3) is 5.91 Å². The molecule has 10 heteroatoms. The first kappa shape index (κ1) is 26.5. The van der Waals surface area contributed by atoms with Crippen LogP contribution in [0.4, 0.5) is 8.78 Å². The summed E-state index contributed by atoms with van der Waals surface area (Å²) in [5.41, 5.74) is 1.86. The smallest absolute Gasteiger partial charge is 0.328 e. The van der Waals surface area contributed by atoms with Crippen molar-refractivity contribution >= 4 is 34.4 Å². The number of esters is 1. The van der Waals surface area contributed by atoms with Gasteiger partial charge in [-0.1, -0.05) is 35.9 Å². The molecule has 0 aliphatic carbocycles. The summed E-state index contributed by atoms with van der Waals surface area (Å²) in [4.78, 5) is 29.8. The summed E-state index contributed by atoms with van der Waals surface area (Å²) in [7, 11) is 2.62. The number of nitrogens with one attached hydrogen (secondary N) is 1. The molecule has 0 unspecified atom stereocenters. The number of pyridine rings is 1. The van der Waals surface area contributed by atoms with Gasteiger partial charge in [-0.2, -0.15) is 5.26 Å². The molecule has 192 valence electrons. The number of carbonyl (C=O) groups is 2. The van der Waals surface area contributed by atoms with Crippen LogP contribution in [0.1, 0.15) is 21.5 Å². The number of benzene rings is 3. The zero-order chi connectivity index (χ0) is 27.4. The van der Waals surface area contributed by atoms with Crippen LogP contribution < -0.4 is 10.1 Å². The number of ether oxygens (including phenoxy) is 2. The van der Waals surface area contributed by atoms with Gasteiger partial charge in [-0.05, 0) is 29.8 Å². The van der Waals surface area contributed by atoms with E-state index in [0.717, 1.165) is 25.3 Å². The Labute approximate surface area is 221 Å². The summed E-state index contributed by atoms with van der Waals surface area (Å²) in [5.74, 6) is -3.58. The van der Waals surface area contributed by atoms with E-state index in [1.54, 1.807) is 36.5 Å². The van der Waals surface area contributed by atoms with E-state index >= 15 is 0 Å². The fourth-order valence-electron chi connectivity index (χ4n) is 4.15. The number of carbonyl (C=O) groups excluding carboxylic acids is 2. The molecule has 7 nitrogen and oxygen atoms in total. The fraction of sp³-hybridized carbons (Fsp3) is 0.143. The van der Waals surface area contributed by atoms with Crippen LogP contribution in [0.15, 0.2) is 60.8 Å². The Bertz CT molecular complexity index is 1580. The Kier molecular flexibility index (Phi) is 7.84. The van der Waals surface area contributed by atoms with Gasteiger partial charge in [0.2, 0.25) is 0 Å². The van der Waals surface area contributed by atoms with Crippen LogP contribution in [-0.2, 0) is 16.0 Å². The van der Waals surface area contributed by atoms with E-state index in [0.29, 0.717) is 33.3 Å². The van der Waals surface area contributed by atoms with Gasteiger partial charge in [0, 0.05) is 35.2 Å². The Balaban J connectivity index is 1.76. The maximum absolute atomic E-state index is 14.2. The Morgan fingerprint density at radius 1 is 1.08 bits per heavy atom. The number of nitriles is 1. The zero-order valence-electron chi connectivity index (χ0n) is 20.2. The van der Waals surface area contributed by atoms with Crippen LogP contribution in [0.25, 0.3) is 22.0 Å². The first-order chi connectivity index (χ1) is 18.3. The molecular weight excluding hydrogens is 516 g/mol. The van der Waals surface area contributed by atoms with Crippen molar-refractivity contribution in [3.63, 3.8) is 0 Å². The van der Waals surface area contributed by atoms with Crippen molar-refractivity contribution in [3.8, 4) is 22.9 Å². The molecule has 4 rings (SSSR count). The molecule has 3 aromatic carbocycles. The van der Waals surface area contributed by atoms with Gasteiger partial charge in [-0.15, -0.1) is 0 Å². The van der Waals surface area contributed by atoms with Gasteiger partial charge < -0.3 is 14.8 Å². The third kappa shape index (κ3) is 5.12. The predicted octanol–water partition coefficient (Wildman–Crippen LogP) is 5.23. The number of hydrogen-bond donors (Lipinski definition) is 1. The van der Waals surface area contributed by atoms with E-state index < -0.39 is 35.1 Å². The molecule has 1 amide bonds. The largest absolute Gasteiger partial charge is 0.496 e. The minimum atomic E-state index is -1.25. The number of halogens is 3. The first-order valence-electron chi connectivity index (χ1n) is 11.3. The summed E-state index contributed by atoms with van der Waals surface area (Å²) in [6.45, 7) is 0. The highest BCUT2D eigenvalue weighted by molar-refractivity contribution is 6.32. The monoisotopic (exact) mass is 535 g/mol. The van der Waals surface area contributed by atoms with Crippen LogP contribution in [0.5, 0.6) is 5.75 Å². The molecule has 1 heterocycles. The Morgan fingerprint density at radius 2 is 1.82 bits per heavy atom. The lowest BCUT2D eigenvalue weighted by Gasteiger charge is -2.19. The molecule has 0 fully saturated rings. The van der Waals surface area contributed by atoms with Crippen molar-refractivity contribution in [3.05, 3.63) is 94.1 Å². The SMILES string of the molecule is COC(=O)[C@H](Cc1ccc(-c2cc(Cl)c(C#N)cc2OC)c2ncccc12)NC(=O)c1c(F)cccc1F. The second-order valence-corrected chi connectivity index (χ2v) is 8.57. The maximum Gasteiger partial charge on any atom is 0.328 e. The number of hydrogen-bond acceptors (Lipinski definition) is 6. The van der Waals surface area contributed by atoms with E-state index in [9.17, 15) is 23.6 Å². The number of nitrogens with zero attached hydrogens (tertiary/aromatic N) is 2. The van der Waals surface area contributed by atoms with Gasteiger partial charge >= 0.3 is 5.97 Å². The number of rotatable bonds is 7. The number of methoxy groups -OCH3 is 2. The van der Waals surface area contributed by atoms with E-state index in [4.69, 9.17) is 21.1 Å².